The molecule has 0 aromatic heterocycles. The summed E-state index contributed by atoms with van der Waals surface area (Å²) in [5.41, 5.74) is 3.07. The SMILES string of the molecule is N#Cc1cc(CN)c(C(F)(F)F)cc1S(=O)(=O)Cl. The molecule has 0 aliphatic heterocycles. The zero-order chi connectivity index (χ0) is 14.1. The van der Waals surface area contributed by atoms with Gasteiger partial charge in [0, 0.05) is 17.2 Å². The smallest absolute Gasteiger partial charge is 0.326 e. The molecule has 0 fully saturated rings. The van der Waals surface area contributed by atoms with Crippen molar-refractivity contribution in [2.75, 3.05) is 0 Å². The van der Waals surface area contributed by atoms with Gasteiger partial charge in [-0.3, -0.25) is 0 Å². The van der Waals surface area contributed by atoms with E-state index in [2.05, 4.69) is 0 Å². The van der Waals surface area contributed by atoms with Gasteiger partial charge in [0.15, 0.2) is 0 Å². The third-order valence-corrected chi connectivity index (χ3v) is 3.48. The summed E-state index contributed by atoms with van der Waals surface area (Å²) in [6.45, 7) is -0.480. The van der Waals surface area contributed by atoms with Crippen LogP contribution in [0.3, 0.4) is 0 Å². The van der Waals surface area contributed by atoms with E-state index in [4.69, 9.17) is 21.7 Å². The molecule has 1 rings (SSSR count). The molecule has 2 N–H and O–H groups in total. The fourth-order valence-electron chi connectivity index (χ4n) is 1.35. The van der Waals surface area contributed by atoms with E-state index in [1.54, 1.807) is 0 Å². The molecule has 0 amide bonds. The maximum Gasteiger partial charge on any atom is 0.416 e. The van der Waals surface area contributed by atoms with Gasteiger partial charge in [-0.2, -0.15) is 18.4 Å². The number of alkyl halides is 3. The Morgan fingerprint density at radius 2 is 1.94 bits per heavy atom. The highest BCUT2D eigenvalue weighted by atomic mass is 35.7. The van der Waals surface area contributed by atoms with E-state index in [1.807, 2.05) is 0 Å². The second-order valence-corrected chi connectivity index (χ2v) is 5.79. The summed E-state index contributed by atoms with van der Waals surface area (Å²) in [7, 11) is 0.538. The van der Waals surface area contributed by atoms with Crippen LogP contribution >= 0.6 is 10.7 Å². The molecule has 0 atom stereocenters. The number of hydrogen-bond acceptors (Lipinski definition) is 4. The summed E-state index contributed by atoms with van der Waals surface area (Å²) < 4.78 is 60.2. The van der Waals surface area contributed by atoms with Crippen molar-refractivity contribution in [2.45, 2.75) is 17.6 Å². The molecule has 0 bridgehead atoms. The molecule has 1 aromatic carbocycles. The predicted molar refractivity (Wildman–Crippen MR) is 57.1 cm³/mol. The van der Waals surface area contributed by atoms with Gasteiger partial charge in [-0.15, -0.1) is 0 Å². The van der Waals surface area contributed by atoms with Gasteiger partial charge in [0.2, 0.25) is 0 Å². The maximum absolute atomic E-state index is 12.7. The van der Waals surface area contributed by atoms with Crippen LogP contribution in [0.4, 0.5) is 13.2 Å². The number of halogens is 4. The number of rotatable bonds is 2. The summed E-state index contributed by atoms with van der Waals surface area (Å²) in [6.07, 6.45) is -4.78. The van der Waals surface area contributed by atoms with Crippen LogP contribution < -0.4 is 5.73 Å². The molecule has 0 aliphatic carbocycles. The highest BCUT2D eigenvalue weighted by Crippen LogP contribution is 2.35. The highest BCUT2D eigenvalue weighted by Gasteiger charge is 2.35. The lowest BCUT2D eigenvalue weighted by atomic mass is 10.0. The lowest BCUT2D eigenvalue weighted by Crippen LogP contribution is -2.14. The van der Waals surface area contributed by atoms with Crippen molar-refractivity contribution < 1.29 is 21.6 Å². The van der Waals surface area contributed by atoms with E-state index < -0.39 is 37.8 Å². The first-order valence-corrected chi connectivity index (χ1v) is 6.71. The summed E-state index contributed by atoms with van der Waals surface area (Å²) in [5, 5.41) is 8.70. The van der Waals surface area contributed by atoms with Gasteiger partial charge < -0.3 is 5.73 Å². The standard InChI is InChI=1S/C9H6ClF3N2O2S/c10-18(16,17)8-2-7(9(11,12)13)5(3-14)1-6(8)4-15/h1-2H,3,14H2. The first-order chi connectivity index (χ1) is 8.11. The Morgan fingerprint density at radius 3 is 2.28 bits per heavy atom. The van der Waals surface area contributed by atoms with Crippen LogP contribution in [0.5, 0.6) is 0 Å². The van der Waals surface area contributed by atoms with Gasteiger partial charge in [-0.1, -0.05) is 0 Å². The van der Waals surface area contributed by atoms with Crippen molar-refractivity contribution in [3.8, 4) is 6.07 Å². The average Bonchev–Trinajstić information content (AvgIpc) is 2.24. The molecular formula is C9H6ClF3N2O2S. The van der Waals surface area contributed by atoms with Crippen LogP contribution in [0.1, 0.15) is 16.7 Å². The van der Waals surface area contributed by atoms with E-state index in [-0.39, 0.29) is 5.56 Å². The van der Waals surface area contributed by atoms with Crippen molar-refractivity contribution in [3.63, 3.8) is 0 Å². The Kier molecular flexibility index (Phi) is 3.90. The van der Waals surface area contributed by atoms with E-state index in [0.717, 1.165) is 6.07 Å². The van der Waals surface area contributed by atoms with E-state index in [1.165, 1.54) is 6.07 Å². The van der Waals surface area contributed by atoms with Crippen LogP contribution in [0.15, 0.2) is 17.0 Å². The summed E-state index contributed by atoms with van der Waals surface area (Å²) in [5.74, 6) is 0. The Bertz CT molecular complexity index is 620. The molecule has 9 heteroatoms. The fourth-order valence-corrected chi connectivity index (χ4v) is 2.36. The molecule has 4 nitrogen and oxygen atoms in total. The van der Waals surface area contributed by atoms with E-state index >= 15 is 0 Å². The lowest BCUT2D eigenvalue weighted by molar-refractivity contribution is -0.138. The second kappa shape index (κ2) is 4.76. The number of hydrogen-bond donors (Lipinski definition) is 1. The molecular weight excluding hydrogens is 293 g/mol. The van der Waals surface area contributed by atoms with Crippen LogP contribution in [-0.2, 0) is 21.8 Å². The second-order valence-electron chi connectivity index (χ2n) is 3.26. The van der Waals surface area contributed by atoms with Gasteiger partial charge in [0.05, 0.1) is 11.1 Å². The number of nitrogens with two attached hydrogens (primary N) is 1. The minimum Gasteiger partial charge on any atom is -0.326 e. The molecule has 0 unspecified atom stereocenters. The summed E-state index contributed by atoms with van der Waals surface area (Å²) in [4.78, 5) is -0.879. The maximum atomic E-state index is 12.7. The molecule has 98 valence electrons. The average molecular weight is 299 g/mol. The Balaban J connectivity index is 3.72. The molecule has 0 radical (unpaired) electrons. The van der Waals surface area contributed by atoms with Gasteiger partial charge in [-0.25, -0.2) is 8.42 Å². The number of nitriles is 1. The largest absolute Gasteiger partial charge is 0.416 e. The van der Waals surface area contributed by atoms with Crippen molar-refractivity contribution in [3.05, 3.63) is 28.8 Å². The minimum absolute atomic E-state index is 0.322. The van der Waals surface area contributed by atoms with Crippen LogP contribution in [0, 0.1) is 11.3 Å². The zero-order valence-electron chi connectivity index (χ0n) is 8.62. The molecule has 0 heterocycles. The predicted octanol–water partition coefficient (Wildman–Crippen LogP) is 1.96. The van der Waals surface area contributed by atoms with Crippen molar-refractivity contribution in [1.82, 2.24) is 0 Å². The Hall–Kier alpha value is -1.30. The summed E-state index contributed by atoms with van der Waals surface area (Å²) >= 11 is 0. The normalized spacial score (nSPS) is 12.2. The number of benzene rings is 1. The van der Waals surface area contributed by atoms with Crippen molar-refractivity contribution >= 4 is 19.7 Å². The molecule has 0 aliphatic rings. The Morgan fingerprint density at radius 1 is 1.39 bits per heavy atom. The zero-order valence-corrected chi connectivity index (χ0v) is 10.2. The quantitative estimate of drug-likeness (QED) is 0.846. The lowest BCUT2D eigenvalue weighted by Gasteiger charge is -2.13. The van der Waals surface area contributed by atoms with Gasteiger partial charge in [-0.05, 0) is 17.7 Å². The van der Waals surface area contributed by atoms with Crippen molar-refractivity contribution in [1.29, 1.82) is 5.26 Å². The monoisotopic (exact) mass is 298 g/mol. The minimum atomic E-state index is -4.78. The molecule has 0 saturated heterocycles. The topological polar surface area (TPSA) is 83.9 Å². The first-order valence-electron chi connectivity index (χ1n) is 4.40. The molecule has 0 spiro atoms. The molecule has 0 saturated carbocycles. The fraction of sp³-hybridized carbons (Fsp3) is 0.222. The van der Waals surface area contributed by atoms with Crippen molar-refractivity contribution in [2.24, 2.45) is 5.73 Å². The third kappa shape index (κ3) is 2.93. The van der Waals surface area contributed by atoms with Gasteiger partial charge >= 0.3 is 6.18 Å². The van der Waals surface area contributed by atoms with Crippen LogP contribution in [-0.4, -0.2) is 8.42 Å². The van der Waals surface area contributed by atoms with E-state index in [9.17, 15) is 21.6 Å². The first kappa shape index (κ1) is 14.8. The Labute approximate surface area is 105 Å². The van der Waals surface area contributed by atoms with E-state index in [0.29, 0.717) is 6.07 Å². The van der Waals surface area contributed by atoms with Crippen LogP contribution in [0.2, 0.25) is 0 Å². The van der Waals surface area contributed by atoms with Gasteiger partial charge in [0.1, 0.15) is 11.0 Å². The molecule has 18 heavy (non-hydrogen) atoms. The highest BCUT2D eigenvalue weighted by molar-refractivity contribution is 8.13. The van der Waals surface area contributed by atoms with Crippen LogP contribution in [0.25, 0.3) is 0 Å². The number of nitrogens with zero attached hydrogens (tertiary/aromatic N) is 1. The molecule has 1 aromatic rings. The summed E-state index contributed by atoms with van der Waals surface area (Å²) in [6, 6.07) is 2.57. The van der Waals surface area contributed by atoms with Gasteiger partial charge in [0.25, 0.3) is 9.05 Å². The third-order valence-electron chi connectivity index (χ3n) is 2.11.